The van der Waals surface area contributed by atoms with Gasteiger partial charge in [-0.3, -0.25) is 0 Å². The Labute approximate surface area is 83.1 Å². The van der Waals surface area contributed by atoms with Gasteiger partial charge in [-0.1, -0.05) is 24.4 Å². The van der Waals surface area contributed by atoms with Crippen LogP contribution in [0.2, 0.25) is 5.15 Å². The fourth-order valence-electron chi connectivity index (χ4n) is 1.78. The van der Waals surface area contributed by atoms with E-state index in [2.05, 4.69) is 10.3 Å². The molecule has 0 spiro atoms. The van der Waals surface area contributed by atoms with Crippen LogP contribution in [0.15, 0.2) is 6.20 Å². The summed E-state index contributed by atoms with van der Waals surface area (Å²) in [7, 11) is 1.92. The zero-order valence-corrected chi connectivity index (χ0v) is 8.51. The van der Waals surface area contributed by atoms with Crippen LogP contribution in [-0.4, -0.2) is 15.6 Å². The Balaban J connectivity index is 2.04. The standard InChI is InChI=1S/C9H14ClN3/c1-13-8(10)6-11-9(13)12-7-4-2-3-5-7/h6-7H,2-5H2,1H3,(H,11,12). The average molecular weight is 200 g/mol. The van der Waals surface area contributed by atoms with E-state index in [9.17, 15) is 0 Å². The first-order valence-corrected chi connectivity index (χ1v) is 5.09. The monoisotopic (exact) mass is 199 g/mol. The Morgan fingerprint density at radius 1 is 1.54 bits per heavy atom. The molecule has 13 heavy (non-hydrogen) atoms. The van der Waals surface area contributed by atoms with Gasteiger partial charge in [0.25, 0.3) is 0 Å². The topological polar surface area (TPSA) is 29.9 Å². The lowest BCUT2D eigenvalue weighted by Crippen LogP contribution is -2.17. The first kappa shape index (κ1) is 8.88. The molecular weight excluding hydrogens is 186 g/mol. The minimum absolute atomic E-state index is 0.595. The number of rotatable bonds is 2. The average Bonchev–Trinajstić information content (AvgIpc) is 2.71. The van der Waals surface area contributed by atoms with Crippen LogP contribution in [0.25, 0.3) is 0 Å². The van der Waals surface area contributed by atoms with E-state index < -0.39 is 0 Å². The number of hydrogen-bond acceptors (Lipinski definition) is 2. The first-order valence-electron chi connectivity index (χ1n) is 4.71. The number of nitrogens with one attached hydrogen (secondary N) is 1. The number of imidazole rings is 1. The minimum atomic E-state index is 0.595. The summed E-state index contributed by atoms with van der Waals surface area (Å²) >= 11 is 5.88. The number of anilines is 1. The number of nitrogens with zero attached hydrogens (tertiary/aromatic N) is 2. The second-order valence-corrected chi connectivity index (χ2v) is 3.98. The summed E-state index contributed by atoms with van der Waals surface area (Å²) in [5.41, 5.74) is 0. The Morgan fingerprint density at radius 2 is 2.23 bits per heavy atom. The molecule has 0 aromatic carbocycles. The van der Waals surface area contributed by atoms with Gasteiger partial charge in [0.05, 0.1) is 6.20 Å². The minimum Gasteiger partial charge on any atom is -0.353 e. The molecule has 72 valence electrons. The van der Waals surface area contributed by atoms with E-state index in [1.165, 1.54) is 25.7 Å². The smallest absolute Gasteiger partial charge is 0.203 e. The number of aromatic nitrogens is 2. The molecule has 1 heterocycles. The van der Waals surface area contributed by atoms with Gasteiger partial charge in [-0.25, -0.2) is 4.98 Å². The van der Waals surface area contributed by atoms with Crippen LogP contribution in [0.3, 0.4) is 0 Å². The summed E-state index contributed by atoms with van der Waals surface area (Å²) in [4.78, 5) is 4.20. The van der Waals surface area contributed by atoms with E-state index >= 15 is 0 Å². The Hall–Kier alpha value is -0.700. The van der Waals surface area contributed by atoms with Crippen molar-refractivity contribution in [3.63, 3.8) is 0 Å². The zero-order chi connectivity index (χ0) is 9.26. The zero-order valence-electron chi connectivity index (χ0n) is 7.76. The van der Waals surface area contributed by atoms with Gasteiger partial charge in [0.15, 0.2) is 0 Å². The second-order valence-electron chi connectivity index (χ2n) is 3.59. The molecular formula is C9H14ClN3. The van der Waals surface area contributed by atoms with Crippen LogP contribution < -0.4 is 5.32 Å². The van der Waals surface area contributed by atoms with Gasteiger partial charge in [0.1, 0.15) is 5.15 Å². The van der Waals surface area contributed by atoms with Crippen LogP contribution in [0.4, 0.5) is 5.95 Å². The molecule has 1 aromatic heterocycles. The molecule has 0 atom stereocenters. The van der Waals surface area contributed by atoms with Crippen LogP contribution in [-0.2, 0) is 7.05 Å². The molecule has 1 aliphatic rings. The first-order chi connectivity index (χ1) is 6.27. The normalized spacial score (nSPS) is 18.0. The molecule has 0 aliphatic heterocycles. The summed E-state index contributed by atoms with van der Waals surface area (Å²) in [5.74, 6) is 0.886. The predicted molar refractivity (Wildman–Crippen MR) is 54.1 cm³/mol. The fourth-order valence-corrected chi connectivity index (χ4v) is 1.90. The lowest BCUT2D eigenvalue weighted by atomic mass is 10.3. The lowest BCUT2D eigenvalue weighted by molar-refractivity contribution is 0.732. The van der Waals surface area contributed by atoms with Gasteiger partial charge in [-0.15, -0.1) is 0 Å². The Kier molecular flexibility index (Phi) is 2.44. The lowest BCUT2D eigenvalue weighted by Gasteiger charge is -2.12. The molecule has 1 N–H and O–H groups in total. The molecule has 0 unspecified atom stereocenters. The third kappa shape index (κ3) is 1.80. The number of halogens is 1. The van der Waals surface area contributed by atoms with Crippen molar-refractivity contribution < 1.29 is 0 Å². The molecule has 1 saturated carbocycles. The van der Waals surface area contributed by atoms with Crippen molar-refractivity contribution in [1.82, 2.24) is 9.55 Å². The fraction of sp³-hybridized carbons (Fsp3) is 0.667. The third-order valence-corrected chi connectivity index (χ3v) is 2.97. The molecule has 4 heteroatoms. The van der Waals surface area contributed by atoms with Crippen LogP contribution >= 0.6 is 11.6 Å². The van der Waals surface area contributed by atoms with E-state index in [4.69, 9.17) is 11.6 Å². The maximum atomic E-state index is 5.88. The predicted octanol–water partition coefficient (Wildman–Crippen LogP) is 2.43. The van der Waals surface area contributed by atoms with Crippen molar-refractivity contribution in [2.24, 2.45) is 7.05 Å². The Morgan fingerprint density at radius 3 is 2.77 bits per heavy atom. The molecule has 0 bridgehead atoms. The summed E-state index contributed by atoms with van der Waals surface area (Å²) in [6, 6.07) is 0.595. The molecule has 0 saturated heterocycles. The van der Waals surface area contributed by atoms with E-state index in [1.807, 2.05) is 11.6 Å². The molecule has 0 amide bonds. The van der Waals surface area contributed by atoms with E-state index in [1.54, 1.807) is 6.20 Å². The quantitative estimate of drug-likeness (QED) is 0.793. The highest BCUT2D eigenvalue weighted by Crippen LogP contribution is 2.22. The Bertz CT molecular complexity index is 289. The van der Waals surface area contributed by atoms with Gasteiger partial charge >= 0.3 is 0 Å². The van der Waals surface area contributed by atoms with Crippen molar-refractivity contribution in [3.05, 3.63) is 11.3 Å². The molecule has 0 radical (unpaired) electrons. The second kappa shape index (κ2) is 3.58. The highest BCUT2D eigenvalue weighted by Gasteiger charge is 2.16. The highest BCUT2D eigenvalue weighted by atomic mass is 35.5. The summed E-state index contributed by atoms with van der Waals surface area (Å²) in [6.07, 6.45) is 6.85. The van der Waals surface area contributed by atoms with E-state index in [-0.39, 0.29) is 0 Å². The third-order valence-electron chi connectivity index (χ3n) is 2.62. The van der Waals surface area contributed by atoms with Crippen molar-refractivity contribution >= 4 is 17.5 Å². The van der Waals surface area contributed by atoms with Gasteiger partial charge in [0, 0.05) is 13.1 Å². The summed E-state index contributed by atoms with van der Waals surface area (Å²) < 4.78 is 1.87. The van der Waals surface area contributed by atoms with Crippen molar-refractivity contribution in [2.75, 3.05) is 5.32 Å². The van der Waals surface area contributed by atoms with Crippen LogP contribution in [0.1, 0.15) is 25.7 Å². The molecule has 3 nitrogen and oxygen atoms in total. The van der Waals surface area contributed by atoms with Gasteiger partial charge in [0.2, 0.25) is 5.95 Å². The van der Waals surface area contributed by atoms with Crippen LogP contribution in [0.5, 0.6) is 0 Å². The van der Waals surface area contributed by atoms with Gasteiger partial charge in [-0.2, -0.15) is 0 Å². The van der Waals surface area contributed by atoms with Gasteiger partial charge < -0.3 is 9.88 Å². The molecule has 1 aromatic rings. The summed E-state index contributed by atoms with van der Waals surface area (Å²) in [6.45, 7) is 0. The molecule has 1 fully saturated rings. The van der Waals surface area contributed by atoms with Crippen molar-refractivity contribution in [3.8, 4) is 0 Å². The van der Waals surface area contributed by atoms with Crippen molar-refractivity contribution in [2.45, 2.75) is 31.7 Å². The molecule has 1 aliphatic carbocycles. The summed E-state index contributed by atoms with van der Waals surface area (Å²) in [5, 5.41) is 4.08. The largest absolute Gasteiger partial charge is 0.353 e. The van der Waals surface area contributed by atoms with E-state index in [0.717, 1.165) is 5.95 Å². The maximum Gasteiger partial charge on any atom is 0.203 e. The maximum absolute atomic E-state index is 5.88. The van der Waals surface area contributed by atoms with Gasteiger partial charge in [-0.05, 0) is 12.8 Å². The SMILES string of the molecule is Cn1c(Cl)cnc1NC1CCCC1. The van der Waals surface area contributed by atoms with Crippen LogP contribution in [0, 0.1) is 0 Å². The van der Waals surface area contributed by atoms with E-state index in [0.29, 0.717) is 11.2 Å². The number of hydrogen-bond donors (Lipinski definition) is 1. The molecule has 2 rings (SSSR count). The highest BCUT2D eigenvalue weighted by molar-refractivity contribution is 6.29. The van der Waals surface area contributed by atoms with Crippen molar-refractivity contribution in [1.29, 1.82) is 0 Å².